The van der Waals surface area contributed by atoms with E-state index in [1.54, 1.807) is 60.9 Å². The van der Waals surface area contributed by atoms with Crippen LogP contribution in [0.15, 0.2) is 102 Å². The number of rotatable bonds is 29. The predicted molar refractivity (Wildman–Crippen MR) is 514 cm³/mol. The highest BCUT2D eigenvalue weighted by Gasteiger charge is 2.48. The molecule has 1 aliphatic carbocycles. The Balaban J connectivity index is 1.12. The highest BCUT2D eigenvalue weighted by atomic mass is 32.2. The number of nitriles is 1. The molecule has 0 radical (unpaired) electrons. The number of amides is 14. The van der Waals surface area contributed by atoms with E-state index in [-0.39, 0.29) is 114 Å². The Hall–Kier alpha value is -13.8. The first kappa shape index (κ1) is 109. The van der Waals surface area contributed by atoms with Gasteiger partial charge >= 0.3 is 5.97 Å². The number of hydrogen-bond acceptors (Lipinski definition) is 24. The van der Waals surface area contributed by atoms with Crippen LogP contribution in [-0.2, 0) is 106 Å². The van der Waals surface area contributed by atoms with Crippen molar-refractivity contribution in [1.29, 1.82) is 10.7 Å². The van der Waals surface area contributed by atoms with Crippen LogP contribution in [0.25, 0.3) is 21.8 Å². The first-order valence-corrected chi connectivity index (χ1v) is 48.2. The minimum Gasteiger partial charge on any atom is -0.481 e. The van der Waals surface area contributed by atoms with Crippen LogP contribution in [0.4, 0.5) is 0 Å². The molecule has 3 aliphatic heterocycles. The van der Waals surface area contributed by atoms with Gasteiger partial charge in [0.1, 0.15) is 54.4 Å². The molecule has 139 heavy (non-hydrogen) atoms. The number of ketones is 3. The monoisotopic (exact) mass is 1940 g/mol. The molecule has 9 rings (SSSR count). The molecule has 43 heteroatoms. The molecule has 0 bridgehead atoms. The minimum absolute atomic E-state index is 0.00299. The van der Waals surface area contributed by atoms with E-state index in [0.717, 1.165) is 21.6 Å². The lowest BCUT2D eigenvalue weighted by atomic mass is 9.85. The summed E-state index contributed by atoms with van der Waals surface area (Å²) in [7, 11) is 3.96. The number of benzene rings is 3. The number of thioether (sulfide) groups is 1. The Kier molecular flexibility index (Phi) is 41.3. The van der Waals surface area contributed by atoms with Gasteiger partial charge < -0.3 is 111 Å². The molecular formula is C96H130N22O20S. The molecular weight excluding hydrogens is 1810 g/mol. The Labute approximate surface area is 809 Å². The summed E-state index contributed by atoms with van der Waals surface area (Å²) in [6.07, 6.45) is 0.979. The zero-order valence-electron chi connectivity index (χ0n) is 79.1. The smallest absolute Gasteiger partial charge is 0.303 e. The average molecular weight is 1940 g/mol. The number of aromatic amines is 2. The fourth-order valence-corrected chi connectivity index (χ4v) is 18.8. The van der Waals surface area contributed by atoms with Crippen molar-refractivity contribution in [2.24, 2.45) is 45.7 Å². The van der Waals surface area contributed by atoms with Crippen molar-refractivity contribution in [2.75, 3.05) is 52.3 Å². The fraction of sp³-hybridized carbons (Fsp3) is 0.531. The molecule has 16 atom stereocenters. The van der Waals surface area contributed by atoms with E-state index in [9.17, 15) is 58.6 Å². The number of fused-ring (bicyclic) bond motifs is 4. The Morgan fingerprint density at radius 2 is 1.17 bits per heavy atom. The van der Waals surface area contributed by atoms with Crippen LogP contribution in [-0.4, -0.2) is 289 Å². The largest absolute Gasteiger partial charge is 0.481 e. The van der Waals surface area contributed by atoms with Crippen LogP contribution in [0.1, 0.15) is 178 Å². The lowest BCUT2D eigenvalue weighted by Gasteiger charge is -2.36. The third-order valence-corrected chi connectivity index (χ3v) is 26.9. The number of aliphatic carboxylic acids is 1. The van der Waals surface area contributed by atoms with E-state index in [2.05, 4.69) is 62.8 Å². The Bertz CT molecular complexity index is 5420. The molecule has 5 heterocycles. The van der Waals surface area contributed by atoms with Crippen LogP contribution in [0.5, 0.6) is 0 Å². The third kappa shape index (κ3) is 30.9. The molecule has 1 saturated carbocycles. The van der Waals surface area contributed by atoms with Crippen molar-refractivity contribution in [2.45, 2.75) is 253 Å². The summed E-state index contributed by atoms with van der Waals surface area (Å²) >= 11 is 0.797. The number of aliphatic hydroxyl groups excluding tert-OH is 1. The van der Waals surface area contributed by atoms with Crippen LogP contribution in [0, 0.1) is 34.5 Å². The summed E-state index contributed by atoms with van der Waals surface area (Å²) in [4.78, 5) is 280. The number of para-hydroxylation sites is 2. The second-order valence-corrected chi connectivity index (χ2v) is 37.0. The standard InChI is InChI=1S/C96H130N22O20S/c1-7-9-22-75-90(133)109-68(21-15-36-104-96(101)102)88(131)114-74(78(120)30-31-80(99)122)51-139-52-82(124)107-71(39-54-25-27-55(47-98)28-26-54)92(135)115(4)53(3)85(128)112-73(46-81(100)123)94(137)118-38-16-24-76(118)91(134)111-70(40-56-34-37-103-48-56)89(132)108-67(29-32-83(125)126)84(127)63-44-60(119)45-64(63)87(130)110-69(41-58-49-105-65-19-13-11-17-61(58)65)79(121)43-57(33-35-97)86(129)113-72(42-59-50-106-66-20-14-12-18-62(59)66)93(136)117(6)77(23-10-8-2)95(138)116(75)5/h11-14,17-20,25-28,37,48-50,53,57,60,63-64,67-77,105-106,119H,7-10,15-16,21-24,29-36,38-46,51-52,97H2,1-6H3,(H2,99,122)(H2,100,123)(H,107,124)(H,108,132)(H,109,133)(H,110,130)(H,111,134)(H,112,128)(H,113,129)(H,114,131)(H,125,126)(H4,101,102,104)/t53-,57+,60-,63?,64+,67-,68-,69-,70-,71-,72-,73-,74-,75-,76-,77-/m0/s1. The number of H-pyrrole nitrogens is 2. The zero-order valence-corrected chi connectivity index (χ0v) is 79.9. The van der Waals surface area contributed by atoms with Crippen molar-refractivity contribution >= 4 is 152 Å². The van der Waals surface area contributed by atoms with Gasteiger partial charge in [0.15, 0.2) is 23.3 Å². The molecule has 1 unspecified atom stereocenters. The number of Topliss-reactive ketones (excluding diaryl/α,β-unsaturated/α-hetero) is 3. The molecule has 750 valence electrons. The normalized spacial score (nSPS) is 25.3. The number of carbonyl (C=O) groups excluding carboxylic acids is 17. The lowest BCUT2D eigenvalue weighted by Crippen LogP contribution is -2.59. The van der Waals surface area contributed by atoms with Crippen LogP contribution < -0.4 is 70.8 Å². The number of carbonyl (C=O) groups is 18. The first-order chi connectivity index (χ1) is 66.3. The van der Waals surface area contributed by atoms with Crippen LogP contribution in [0.3, 0.4) is 0 Å². The first-order valence-electron chi connectivity index (χ1n) is 47.1. The summed E-state index contributed by atoms with van der Waals surface area (Å²) in [6.45, 7) is 4.62. The third-order valence-electron chi connectivity index (χ3n) is 25.9. The highest BCUT2D eigenvalue weighted by molar-refractivity contribution is 8.00. The SMILES string of the molecule is CCCC[C@H]1C(=O)N(C)[C@@H](CCCC)C(=O)N[C@@H](CCCNC(=N)N)C(=O)N[C@H](C(=O)CCC(N)=O)CSCC(=O)N[C@@H](Cc2ccc(C#N)cc2)C(=O)N(C)[C@@H](C)C(=O)N[C@@H](CC(N)=O)C(=O)N2CCC[C@H]2C(=O)N[C@@H](CC2=CN=CC2)C(=O)N[C@@H](CCC(=O)O)C(=O)C2C[C@H](O)C[C@H]2C(=O)N[C@@H](Cc2c[nH]c3ccccc23)C(=O)C[C@@H](CCN)C(=O)N[C@@H](Cc2c[nH]c3ccccc23)C(=O)N1C. The molecule has 3 aromatic carbocycles. The van der Waals surface area contributed by atoms with Crippen molar-refractivity contribution in [3.05, 3.63) is 119 Å². The Morgan fingerprint density at radius 3 is 1.78 bits per heavy atom. The molecule has 22 N–H and O–H groups in total. The molecule has 14 amide bonds. The number of nitrogens with one attached hydrogen (secondary N) is 12. The molecule has 2 saturated heterocycles. The summed E-state index contributed by atoms with van der Waals surface area (Å²) in [5.74, 6) is -22.2. The molecule has 3 fully saturated rings. The number of nitrogens with zero attached hydrogens (tertiary/aromatic N) is 6. The number of aromatic nitrogens is 2. The number of guanidine groups is 1. The van der Waals surface area contributed by atoms with Gasteiger partial charge in [0.05, 0.1) is 54.0 Å². The van der Waals surface area contributed by atoms with E-state index in [4.69, 9.17) is 28.3 Å². The average Bonchev–Trinajstić information content (AvgIpc) is 1.55. The number of aliphatic hydroxyl groups is 1. The lowest BCUT2D eigenvalue weighted by molar-refractivity contribution is -0.149. The van der Waals surface area contributed by atoms with Gasteiger partial charge in [-0.1, -0.05) is 88.1 Å². The number of likely N-dealkylation sites (N-methyl/N-ethyl adjacent to an activating group) is 3. The summed E-state index contributed by atoms with van der Waals surface area (Å²) in [6, 6.07) is 3.76. The van der Waals surface area contributed by atoms with Crippen LogP contribution in [0.2, 0.25) is 0 Å². The van der Waals surface area contributed by atoms with Gasteiger partial charge in [0, 0.05) is 150 Å². The van der Waals surface area contributed by atoms with Gasteiger partial charge in [-0.2, -0.15) is 5.26 Å². The van der Waals surface area contributed by atoms with E-state index >= 15 is 43.2 Å². The van der Waals surface area contributed by atoms with Gasteiger partial charge in [0.2, 0.25) is 82.7 Å². The second kappa shape index (κ2) is 52.7. The van der Waals surface area contributed by atoms with Crippen molar-refractivity contribution in [1.82, 2.24) is 77.4 Å². The number of unbranched alkanes of at least 4 members (excludes halogenated alkanes) is 2. The van der Waals surface area contributed by atoms with Gasteiger partial charge in [-0.3, -0.25) is 96.7 Å². The maximum absolute atomic E-state index is 15.9. The molecule has 2 aromatic heterocycles. The topological polar surface area (TPSA) is 665 Å². The van der Waals surface area contributed by atoms with Crippen molar-refractivity contribution in [3.8, 4) is 6.07 Å². The highest BCUT2D eigenvalue weighted by Crippen LogP contribution is 2.36. The fourth-order valence-electron chi connectivity index (χ4n) is 17.9. The Morgan fingerprint density at radius 1 is 0.583 bits per heavy atom. The van der Waals surface area contributed by atoms with E-state index in [1.165, 1.54) is 74.5 Å². The van der Waals surface area contributed by atoms with Crippen molar-refractivity contribution in [3.63, 3.8) is 0 Å². The molecule has 42 nitrogen and oxygen atoms in total. The van der Waals surface area contributed by atoms with Gasteiger partial charge in [0.25, 0.3) is 0 Å². The molecule has 5 aromatic rings. The summed E-state index contributed by atoms with van der Waals surface area (Å²) in [5.41, 5.74) is 26.7. The summed E-state index contributed by atoms with van der Waals surface area (Å²) in [5, 5.41) is 64.9. The number of primary amides is 2. The maximum Gasteiger partial charge on any atom is 0.303 e. The molecule has 4 aliphatic rings. The molecule has 0 spiro atoms. The number of carboxylic acid groups (broad SMARTS) is 1. The van der Waals surface area contributed by atoms with Gasteiger partial charge in [-0.05, 0) is 131 Å². The summed E-state index contributed by atoms with van der Waals surface area (Å²) < 4.78 is 0. The van der Waals surface area contributed by atoms with E-state index in [1.807, 2.05) is 19.9 Å². The van der Waals surface area contributed by atoms with Crippen LogP contribution >= 0.6 is 11.8 Å². The quantitative estimate of drug-likeness (QED) is 0.0176. The number of nitrogens with two attached hydrogens (primary N) is 4. The maximum atomic E-state index is 15.9. The minimum atomic E-state index is -1.81. The number of hydrogen-bond donors (Lipinski definition) is 18. The van der Waals surface area contributed by atoms with E-state index in [0.29, 0.717) is 69.8 Å². The number of aliphatic imine (C=N–C) groups is 1. The number of carboxylic acids is 1. The predicted octanol–water partition coefficient (Wildman–Crippen LogP) is 0.513. The van der Waals surface area contributed by atoms with Crippen molar-refractivity contribution < 1.29 is 96.5 Å². The zero-order chi connectivity index (χ0) is 101. The van der Waals surface area contributed by atoms with Gasteiger partial charge in [-0.15, -0.1) is 11.8 Å². The second-order valence-electron chi connectivity index (χ2n) is 36.0. The van der Waals surface area contributed by atoms with Gasteiger partial charge in [-0.25, -0.2) is 0 Å². The van der Waals surface area contributed by atoms with E-state index < -0.39 is 259 Å².